The maximum atomic E-state index is 12.6. The second-order valence-corrected chi connectivity index (χ2v) is 3.95. The molecule has 0 spiro atoms. The summed E-state index contributed by atoms with van der Waals surface area (Å²) < 4.78 is 75.8. The zero-order valence-electron chi connectivity index (χ0n) is 9.45. The molecule has 0 atom stereocenters. The number of hydrogen-bond acceptors (Lipinski definition) is 1. The molecular formula is C11H10F6O. The van der Waals surface area contributed by atoms with Gasteiger partial charge in [-0.25, -0.2) is 0 Å². The van der Waals surface area contributed by atoms with Crippen molar-refractivity contribution in [3.8, 4) is 0 Å². The van der Waals surface area contributed by atoms with Gasteiger partial charge < -0.3 is 5.11 Å². The van der Waals surface area contributed by atoms with E-state index in [0.717, 1.165) is 13.0 Å². The van der Waals surface area contributed by atoms with E-state index in [1.165, 1.54) is 13.0 Å². The number of aryl methyl sites for hydroxylation is 1. The average molecular weight is 272 g/mol. The highest BCUT2D eigenvalue weighted by atomic mass is 19.4. The van der Waals surface area contributed by atoms with Gasteiger partial charge in [-0.05, 0) is 25.0 Å². The maximum Gasteiger partial charge on any atom is 0.430 e. The molecule has 0 fully saturated rings. The molecule has 18 heavy (non-hydrogen) atoms. The van der Waals surface area contributed by atoms with Crippen LogP contribution in [0.3, 0.4) is 0 Å². The Morgan fingerprint density at radius 2 is 1.33 bits per heavy atom. The fourth-order valence-corrected chi connectivity index (χ4v) is 1.61. The number of rotatable bonds is 1. The minimum atomic E-state index is -5.84. The molecule has 1 nitrogen and oxygen atoms in total. The smallest absolute Gasteiger partial charge is 0.369 e. The van der Waals surface area contributed by atoms with Crippen LogP contribution in [0.2, 0.25) is 0 Å². The van der Waals surface area contributed by atoms with E-state index in [0.29, 0.717) is 6.07 Å². The number of halogens is 6. The standard InChI is InChI=1S/C11H10F6O/c1-6-4-3-5-8(7(6)2)9(18,10(12,13)14)11(15,16)17/h3-5,18H,1-2H3. The lowest BCUT2D eigenvalue weighted by molar-refractivity contribution is -0.376. The van der Waals surface area contributed by atoms with Crippen LogP contribution in [0.1, 0.15) is 16.7 Å². The Morgan fingerprint density at radius 3 is 1.72 bits per heavy atom. The third-order valence-corrected chi connectivity index (χ3v) is 2.81. The predicted octanol–water partition coefficient (Wildman–Crippen LogP) is 3.62. The van der Waals surface area contributed by atoms with E-state index in [1.54, 1.807) is 0 Å². The largest absolute Gasteiger partial charge is 0.430 e. The van der Waals surface area contributed by atoms with Gasteiger partial charge in [-0.2, -0.15) is 26.3 Å². The van der Waals surface area contributed by atoms with E-state index in [-0.39, 0.29) is 11.1 Å². The number of alkyl halides is 6. The summed E-state index contributed by atoms with van der Waals surface area (Å²) in [5.74, 6) is 0. The second-order valence-electron chi connectivity index (χ2n) is 3.95. The number of aliphatic hydroxyl groups is 1. The van der Waals surface area contributed by atoms with Gasteiger partial charge in [0.05, 0.1) is 0 Å². The lowest BCUT2D eigenvalue weighted by atomic mass is 9.87. The van der Waals surface area contributed by atoms with Gasteiger partial charge in [-0.3, -0.25) is 0 Å². The van der Waals surface area contributed by atoms with Crippen molar-refractivity contribution in [2.24, 2.45) is 0 Å². The van der Waals surface area contributed by atoms with Crippen LogP contribution in [-0.4, -0.2) is 17.5 Å². The van der Waals surface area contributed by atoms with Crippen LogP contribution in [0.5, 0.6) is 0 Å². The average Bonchev–Trinajstić information content (AvgIpc) is 2.17. The highest BCUT2D eigenvalue weighted by molar-refractivity contribution is 5.39. The molecule has 1 aromatic carbocycles. The molecule has 0 unspecified atom stereocenters. The number of benzene rings is 1. The van der Waals surface area contributed by atoms with Crippen molar-refractivity contribution >= 4 is 0 Å². The summed E-state index contributed by atoms with van der Waals surface area (Å²) in [7, 11) is 0. The quantitative estimate of drug-likeness (QED) is 0.774. The van der Waals surface area contributed by atoms with E-state index >= 15 is 0 Å². The minimum Gasteiger partial charge on any atom is -0.369 e. The Kier molecular flexibility index (Phi) is 3.42. The summed E-state index contributed by atoms with van der Waals surface area (Å²) in [6, 6.07) is 3.04. The van der Waals surface area contributed by atoms with Gasteiger partial charge in [-0.15, -0.1) is 0 Å². The van der Waals surface area contributed by atoms with Crippen LogP contribution in [0.15, 0.2) is 18.2 Å². The number of hydrogen-bond donors (Lipinski definition) is 1. The summed E-state index contributed by atoms with van der Waals surface area (Å²) in [6.45, 7) is 2.47. The molecule has 0 aliphatic heterocycles. The van der Waals surface area contributed by atoms with Crippen LogP contribution >= 0.6 is 0 Å². The maximum absolute atomic E-state index is 12.6. The molecule has 1 aromatic rings. The minimum absolute atomic E-state index is 0.236. The first-order valence-electron chi connectivity index (χ1n) is 4.85. The zero-order chi connectivity index (χ0) is 14.4. The van der Waals surface area contributed by atoms with Gasteiger partial charge in [0.2, 0.25) is 0 Å². The molecule has 0 saturated carbocycles. The van der Waals surface area contributed by atoms with E-state index in [2.05, 4.69) is 0 Å². The Hall–Kier alpha value is -1.24. The third-order valence-electron chi connectivity index (χ3n) is 2.81. The molecule has 0 heterocycles. The van der Waals surface area contributed by atoms with Crippen molar-refractivity contribution in [2.75, 3.05) is 0 Å². The van der Waals surface area contributed by atoms with Crippen LogP contribution in [-0.2, 0) is 5.60 Å². The Labute approximate surface area is 99.0 Å². The lowest BCUT2D eigenvalue weighted by Crippen LogP contribution is -2.54. The van der Waals surface area contributed by atoms with Crippen LogP contribution < -0.4 is 0 Å². The Morgan fingerprint density at radius 1 is 0.889 bits per heavy atom. The third kappa shape index (κ3) is 2.07. The molecule has 0 amide bonds. The predicted molar refractivity (Wildman–Crippen MR) is 51.9 cm³/mol. The van der Waals surface area contributed by atoms with Crippen molar-refractivity contribution in [3.63, 3.8) is 0 Å². The first-order chi connectivity index (χ1) is 7.93. The van der Waals surface area contributed by atoms with Gasteiger partial charge in [0.15, 0.2) is 0 Å². The molecule has 0 aliphatic rings. The Bertz CT molecular complexity index is 432. The molecule has 1 rings (SSSR count). The van der Waals surface area contributed by atoms with Crippen molar-refractivity contribution in [1.82, 2.24) is 0 Å². The van der Waals surface area contributed by atoms with Crippen molar-refractivity contribution in [1.29, 1.82) is 0 Å². The van der Waals surface area contributed by atoms with Crippen LogP contribution in [0.4, 0.5) is 26.3 Å². The topological polar surface area (TPSA) is 20.2 Å². The van der Waals surface area contributed by atoms with Crippen LogP contribution in [0, 0.1) is 13.8 Å². The van der Waals surface area contributed by atoms with E-state index in [9.17, 15) is 31.4 Å². The molecule has 0 aromatic heterocycles. The molecule has 0 radical (unpaired) electrons. The van der Waals surface area contributed by atoms with Gasteiger partial charge in [-0.1, -0.05) is 18.2 Å². The first-order valence-corrected chi connectivity index (χ1v) is 4.85. The van der Waals surface area contributed by atoms with Crippen molar-refractivity contribution in [2.45, 2.75) is 31.8 Å². The first kappa shape index (κ1) is 14.8. The highest BCUT2D eigenvalue weighted by Gasteiger charge is 2.71. The molecule has 0 saturated heterocycles. The lowest BCUT2D eigenvalue weighted by Gasteiger charge is -2.34. The molecule has 0 bridgehead atoms. The summed E-state index contributed by atoms with van der Waals surface area (Å²) in [5, 5.41) is 9.21. The SMILES string of the molecule is Cc1cccc(C(O)(C(F)(F)F)C(F)(F)F)c1C. The fourth-order valence-electron chi connectivity index (χ4n) is 1.61. The van der Waals surface area contributed by atoms with Gasteiger partial charge in [0.1, 0.15) is 0 Å². The summed E-state index contributed by atoms with van der Waals surface area (Å²) in [5.41, 5.74) is -6.05. The van der Waals surface area contributed by atoms with Gasteiger partial charge in [0.25, 0.3) is 5.60 Å². The zero-order valence-corrected chi connectivity index (χ0v) is 9.45. The van der Waals surface area contributed by atoms with E-state index < -0.39 is 23.5 Å². The normalized spacial score (nSPS) is 13.8. The summed E-state index contributed by atoms with van der Waals surface area (Å²) >= 11 is 0. The monoisotopic (exact) mass is 272 g/mol. The Balaban J connectivity index is 3.61. The van der Waals surface area contributed by atoms with Crippen molar-refractivity contribution < 1.29 is 31.4 Å². The van der Waals surface area contributed by atoms with Gasteiger partial charge in [0, 0.05) is 5.56 Å². The van der Waals surface area contributed by atoms with E-state index in [4.69, 9.17) is 0 Å². The molecule has 0 aliphatic carbocycles. The van der Waals surface area contributed by atoms with Gasteiger partial charge >= 0.3 is 12.4 Å². The summed E-state index contributed by atoms with van der Waals surface area (Å²) in [6.07, 6.45) is -11.7. The molecule has 102 valence electrons. The van der Waals surface area contributed by atoms with E-state index in [1.807, 2.05) is 0 Å². The summed E-state index contributed by atoms with van der Waals surface area (Å²) in [4.78, 5) is 0. The molecule has 7 heteroatoms. The fraction of sp³-hybridized carbons (Fsp3) is 0.455. The second kappa shape index (κ2) is 4.15. The molecule has 1 N–H and O–H groups in total. The van der Waals surface area contributed by atoms with Crippen LogP contribution in [0.25, 0.3) is 0 Å². The molecular weight excluding hydrogens is 262 g/mol. The highest BCUT2D eigenvalue weighted by Crippen LogP contribution is 2.50. The van der Waals surface area contributed by atoms with Crippen molar-refractivity contribution in [3.05, 3.63) is 34.9 Å².